The number of benzene rings is 1. The van der Waals surface area contributed by atoms with E-state index in [9.17, 15) is 4.79 Å². The van der Waals surface area contributed by atoms with E-state index in [0.717, 1.165) is 5.56 Å². The summed E-state index contributed by atoms with van der Waals surface area (Å²) in [5, 5.41) is 9.88. The molecular formula is C17H11Cl2NO3. The number of ether oxygens (including phenoxy) is 1. The van der Waals surface area contributed by atoms with E-state index in [0.29, 0.717) is 21.6 Å². The molecule has 0 bridgehead atoms. The Bertz CT molecular complexity index is 815. The Morgan fingerprint density at radius 3 is 2.74 bits per heavy atom. The largest absolute Gasteiger partial charge is 0.457 e. The summed E-state index contributed by atoms with van der Waals surface area (Å²) in [5.41, 5.74) is 0.564. The second-order valence-electron chi connectivity index (χ2n) is 4.39. The van der Waals surface area contributed by atoms with Gasteiger partial charge in [-0.2, -0.15) is 5.26 Å². The number of hydrogen-bond acceptors (Lipinski definition) is 4. The van der Waals surface area contributed by atoms with Gasteiger partial charge in [0.15, 0.2) is 0 Å². The molecule has 0 radical (unpaired) electrons. The first kappa shape index (κ1) is 16.9. The number of furan rings is 1. The van der Waals surface area contributed by atoms with Crippen molar-refractivity contribution in [2.75, 3.05) is 6.61 Å². The molecule has 1 aromatic carbocycles. The summed E-state index contributed by atoms with van der Waals surface area (Å²) >= 11 is 11.8. The topological polar surface area (TPSA) is 63.2 Å². The number of hydrogen-bond donors (Lipinski definition) is 0. The van der Waals surface area contributed by atoms with E-state index in [1.54, 1.807) is 36.4 Å². The molecular weight excluding hydrogens is 337 g/mol. The Hall–Kier alpha value is -2.48. The van der Waals surface area contributed by atoms with Crippen LogP contribution < -0.4 is 0 Å². The molecule has 4 nitrogen and oxygen atoms in total. The minimum absolute atomic E-state index is 0.0323. The van der Waals surface area contributed by atoms with Gasteiger partial charge in [-0.25, -0.2) is 4.79 Å². The highest BCUT2D eigenvalue weighted by atomic mass is 35.5. The molecule has 0 fully saturated rings. The molecule has 0 saturated carbocycles. The molecule has 0 unspecified atom stereocenters. The molecule has 116 valence electrons. The fraction of sp³-hybridized carbons (Fsp3) is 0.0588. The smallest absolute Gasteiger partial charge is 0.349 e. The molecule has 0 aliphatic heterocycles. The number of rotatable bonds is 5. The monoisotopic (exact) mass is 347 g/mol. The number of esters is 1. The van der Waals surface area contributed by atoms with Crippen molar-refractivity contribution in [2.45, 2.75) is 0 Å². The van der Waals surface area contributed by atoms with Crippen LogP contribution in [-0.2, 0) is 9.53 Å². The van der Waals surface area contributed by atoms with Crippen LogP contribution in [0.25, 0.3) is 17.4 Å². The van der Waals surface area contributed by atoms with Gasteiger partial charge in [0, 0.05) is 11.6 Å². The highest BCUT2D eigenvalue weighted by molar-refractivity contribution is 6.42. The third-order valence-electron chi connectivity index (χ3n) is 2.79. The van der Waals surface area contributed by atoms with Crippen LogP contribution in [-0.4, -0.2) is 12.6 Å². The van der Waals surface area contributed by atoms with E-state index in [-0.39, 0.29) is 12.2 Å². The Morgan fingerprint density at radius 2 is 2.09 bits per heavy atom. The van der Waals surface area contributed by atoms with Crippen LogP contribution in [0.1, 0.15) is 5.76 Å². The Morgan fingerprint density at radius 1 is 1.30 bits per heavy atom. The first-order valence-electron chi connectivity index (χ1n) is 6.50. The van der Waals surface area contributed by atoms with Gasteiger partial charge in [0.1, 0.15) is 29.8 Å². The van der Waals surface area contributed by atoms with E-state index in [4.69, 9.17) is 37.6 Å². The molecule has 2 rings (SSSR count). The minimum Gasteiger partial charge on any atom is -0.457 e. The minimum atomic E-state index is -0.736. The number of carbonyl (C=O) groups is 1. The quantitative estimate of drug-likeness (QED) is 0.334. The maximum absolute atomic E-state index is 11.7. The Labute approximate surface area is 143 Å². The summed E-state index contributed by atoms with van der Waals surface area (Å²) in [7, 11) is 0. The van der Waals surface area contributed by atoms with Gasteiger partial charge in [0.25, 0.3) is 0 Å². The second-order valence-corrected chi connectivity index (χ2v) is 5.20. The third-order valence-corrected chi connectivity index (χ3v) is 3.53. The Balaban J connectivity index is 2.25. The first-order chi connectivity index (χ1) is 11.0. The maximum Gasteiger partial charge on any atom is 0.349 e. The van der Waals surface area contributed by atoms with Crippen LogP contribution in [0.2, 0.25) is 10.0 Å². The lowest BCUT2D eigenvalue weighted by molar-refractivity contribution is -0.137. The van der Waals surface area contributed by atoms with Crippen molar-refractivity contribution in [1.29, 1.82) is 5.26 Å². The average Bonchev–Trinajstić information content (AvgIpc) is 3.01. The van der Waals surface area contributed by atoms with Gasteiger partial charge in [-0.1, -0.05) is 35.9 Å². The van der Waals surface area contributed by atoms with Crippen LogP contribution in [0.4, 0.5) is 0 Å². The van der Waals surface area contributed by atoms with Gasteiger partial charge < -0.3 is 9.15 Å². The standard InChI is InChI=1S/C17H11Cl2NO3/c1-2-7-22-17(21)12(10-20)8-13-4-6-16(23-13)11-3-5-14(18)15(19)9-11/h2-6,8-9H,1,7H2. The predicted molar refractivity (Wildman–Crippen MR) is 88.9 cm³/mol. The number of nitriles is 1. The van der Waals surface area contributed by atoms with E-state index in [1.165, 1.54) is 12.2 Å². The summed E-state index contributed by atoms with van der Waals surface area (Å²) < 4.78 is 10.4. The summed E-state index contributed by atoms with van der Waals surface area (Å²) in [6.07, 6.45) is 2.73. The molecule has 0 aliphatic carbocycles. The zero-order valence-electron chi connectivity index (χ0n) is 11.9. The van der Waals surface area contributed by atoms with Crippen LogP contribution in [0.5, 0.6) is 0 Å². The average molecular weight is 348 g/mol. The molecule has 6 heteroatoms. The molecule has 0 atom stereocenters. The van der Waals surface area contributed by atoms with E-state index >= 15 is 0 Å². The van der Waals surface area contributed by atoms with Crippen molar-refractivity contribution >= 4 is 35.2 Å². The highest BCUT2D eigenvalue weighted by Crippen LogP contribution is 2.30. The molecule has 0 amide bonds. The molecule has 1 heterocycles. The summed E-state index contributed by atoms with van der Waals surface area (Å²) in [5.74, 6) is 0.143. The number of halogens is 2. The molecule has 2 aromatic rings. The van der Waals surface area contributed by atoms with Crippen molar-refractivity contribution in [3.05, 3.63) is 64.4 Å². The van der Waals surface area contributed by atoms with Gasteiger partial charge in [0.2, 0.25) is 0 Å². The summed E-state index contributed by atoms with van der Waals surface area (Å²) in [6, 6.07) is 10.2. The van der Waals surface area contributed by atoms with Gasteiger partial charge in [-0.15, -0.1) is 0 Å². The molecule has 0 N–H and O–H groups in total. The van der Waals surface area contributed by atoms with Crippen LogP contribution in [0.15, 0.2) is 53.0 Å². The molecule has 0 spiro atoms. The van der Waals surface area contributed by atoms with Crippen molar-refractivity contribution in [3.8, 4) is 17.4 Å². The fourth-order valence-corrected chi connectivity index (χ4v) is 2.02. The fourth-order valence-electron chi connectivity index (χ4n) is 1.73. The van der Waals surface area contributed by atoms with Gasteiger partial charge in [-0.05, 0) is 30.3 Å². The number of nitrogens with zero attached hydrogens (tertiary/aromatic N) is 1. The van der Waals surface area contributed by atoms with Crippen molar-refractivity contribution < 1.29 is 13.9 Å². The van der Waals surface area contributed by atoms with E-state index in [2.05, 4.69) is 6.58 Å². The lowest BCUT2D eigenvalue weighted by atomic mass is 10.2. The maximum atomic E-state index is 11.7. The van der Waals surface area contributed by atoms with Crippen LogP contribution in [0.3, 0.4) is 0 Å². The Kier molecular flexibility index (Phi) is 5.64. The van der Waals surface area contributed by atoms with Gasteiger partial charge in [-0.3, -0.25) is 0 Å². The van der Waals surface area contributed by atoms with Gasteiger partial charge in [0.05, 0.1) is 10.0 Å². The van der Waals surface area contributed by atoms with Crippen LogP contribution >= 0.6 is 23.2 Å². The first-order valence-corrected chi connectivity index (χ1v) is 7.26. The molecule has 23 heavy (non-hydrogen) atoms. The summed E-state index contributed by atoms with van der Waals surface area (Å²) in [6.45, 7) is 3.47. The molecule has 0 saturated heterocycles. The molecule has 0 aliphatic rings. The normalized spacial score (nSPS) is 10.9. The highest BCUT2D eigenvalue weighted by Gasteiger charge is 2.12. The zero-order chi connectivity index (χ0) is 16.8. The van der Waals surface area contributed by atoms with Crippen molar-refractivity contribution in [1.82, 2.24) is 0 Å². The lowest BCUT2D eigenvalue weighted by Crippen LogP contribution is -2.06. The van der Waals surface area contributed by atoms with Crippen molar-refractivity contribution in [2.24, 2.45) is 0 Å². The predicted octanol–water partition coefficient (Wildman–Crippen LogP) is 4.89. The number of carbonyl (C=O) groups excluding carboxylic acids is 1. The SMILES string of the molecule is C=CCOC(=O)C(C#N)=Cc1ccc(-c2ccc(Cl)c(Cl)c2)o1. The van der Waals surface area contributed by atoms with E-state index < -0.39 is 5.97 Å². The second kappa shape index (κ2) is 7.68. The zero-order valence-corrected chi connectivity index (χ0v) is 13.4. The van der Waals surface area contributed by atoms with Crippen molar-refractivity contribution in [3.63, 3.8) is 0 Å². The van der Waals surface area contributed by atoms with Crippen LogP contribution in [0, 0.1) is 11.3 Å². The van der Waals surface area contributed by atoms with Gasteiger partial charge >= 0.3 is 5.97 Å². The van der Waals surface area contributed by atoms with E-state index in [1.807, 2.05) is 0 Å². The third kappa shape index (κ3) is 4.26. The lowest BCUT2D eigenvalue weighted by Gasteiger charge is -2.00. The molecule has 1 aromatic heterocycles. The summed E-state index contributed by atoms with van der Waals surface area (Å²) in [4.78, 5) is 11.7.